The van der Waals surface area contributed by atoms with Gasteiger partial charge in [-0.2, -0.15) is 76.4 Å². The van der Waals surface area contributed by atoms with E-state index in [2.05, 4.69) is 0 Å². The first kappa shape index (κ1) is 48.3. The van der Waals surface area contributed by atoms with Crippen LogP contribution in [0.5, 0.6) is 0 Å². The lowest BCUT2D eigenvalue weighted by atomic mass is 10.1. The molecule has 0 amide bonds. The first-order chi connectivity index (χ1) is 25.6. The predicted molar refractivity (Wildman–Crippen MR) is 164 cm³/mol. The number of benzene rings is 3. The summed E-state index contributed by atoms with van der Waals surface area (Å²) < 4.78 is 209. The summed E-state index contributed by atoms with van der Waals surface area (Å²) in [6, 6.07) is 9.60. The second-order valence-electron chi connectivity index (χ2n) is 10.5. The average molecular weight is 835 g/mol. The Balaban J connectivity index is 0.000000420. The van der Waals surface area contributed by atoms with Crippen LogP contribution in [-0.2, 0) is 18.5 Å². The maximum Gasteiger partial charge on any atom is 0.423 e. The zero-order valence-corrected chi connectivity index (χ0v) is 27.5. The highest BCUT2D eigenvalue weighted by atomic mass is 19.4. The molecule has 308 valence electrons. The Bertz CT molecular complexity index is 1840. The van der Waals surface area contributed by atoms with Crippen molar-refractivity contribution in [2.75, 3.05) is 55.1 Å². The van der Waals surface area contributed by atoms with Gasteiger partial charge in [0.1, 0.15) is 32.0 Å². The van der Waals surface area contributed by atoms with Crippen LogP contribution < -0.4 is 15.5 Å². The number of nitrogens with one attached hydrogen (secondary N) is 2. The van der Waals surface area contributed by atoms with Crippen molar-refractivity contribution >= 4 is 22.7 Å². The molecule has 0 aliphatic rings. The van der Waals surface area contributed by atoms with E-state index in [0.717, 1.165) is 35.2 Å². The highest BCUT2D eigenvalue weighted by molar-refractivity contribution is 5.56. The summed E-state index contributed by atoms with van der Waals surface area (Å²) in [6.45, 7) is -5.00. The molecule has 0 aliphatic heterocycles. The fourth-order valence-electron chi connectivity index (χ4n) is 4.06. The van der Waals surface area contributed by atoms with E-state index >= 15 is 0 Å². The van der Waals surface area contributed by atoms with Crippen LogP contribution in [0.25, 0.3) is 0 Å². The highest BCUT2D eigenvalue weighted by Gasteiger charge is 2.39. The number of halogens is 17. The zero-order valence-electron chi connectivity index (χ0n) is 27.5. The zero-order chi connectivity index (χ0) is 43.3. The van der Waals surface area contributed by atoms with Crippen molar-refractivity contribution in [3.05, 3.63) is 92.5 Å². The van der Waals surface area contributed by atoms with E-state index in [1.165, 1.54) is 18.2 Å². The molecular weight excluding hydrogens is 811 g/mol. The summed E-state index contributed by atoms with van der Waals surface area (Å²) in [6.07, 6.45) is -23.6. The lowest BCUT2D eigenvalue weighted by Gasteiger charge is -2.23. The molecule has 0 saturated carbocycles. The SMILES string of the molecule is N#Cc1ccc(N(CCF)CCF)cc1C(F)(F)F.N#Cc1ccc(NCC(F)(F)F)cc1C(F)(F)F.O=[N+]([O-])c1ccc(NCC(F)(F)F)cc1C(F)(F)F. The third kappa shape index (κ3) is 16.3. The first-order valence-corrected chi connectivity index (χ1v) is 14.6. The molecule has 25 heteroatoms. The van der Waals surface area contributed by atoms with E-state index in [-0.39, 0.29) is 30.5 Å². The van der Waals surface area contributed by atoms with Crippen molar-refractivity contribution in [3.8, 4) is 12.1 Å². The van der Waals surface area contributed by atoms with Crippen LogP contribution in [0.2, 0.25) is 0 Å². The smallest absolute Gasteiger partial charge is 0.376 e. The van der Waals surface area contributed by atoms with Gasteiger partial charge in [-0.05, 0) is 48.5 Å². The normalized spacial score (nSPS) is 11.8. The minimum Gasteiger partial charge on any atom is -0.376 e. The molecule has 2 N–H and O–H groups in total. The molecule has 0 heterocycles. The van der Waals surface area contributed by atoms with Gasteiger partial charge >= 0.3 is 30.9 Å². The van der Waals surface area contributed by atoms with Gasteiger partial charge in [-0.25, -0.2) is 8.78 Å². The molecule has 3 rings (SSSR count). The second kappa shape index (κ2) is 19.7. The lowest BCUT2D eigenvalue weighted by molar-refractivity contribution is -0.388. The molecule has 0 aromatic heterocycles. The predicted octanol–water partition coefficient (Wildman–Crippen LogP) is 10.5. The Kier molecular flexibility index (Phi) is 17.0. The fraction of sp³-hybridized carbons (Fsp3) is 0.355. The largest absolute Gasteiger partial charge is 0.423 e. The van der Waals surface area contributed by atoms with Gasteiger partial charge in [-0.3, -0.25) is 10.1 Å². The van der Waals surface area contributed by atoms with Crippen LogP contribution in [-0.4, -0.2) is 56.8 Å². The van der Waals surface area contributed by atoms with Gasteiger partial charge in [0.2, 0.25) is 0 Å². The first-order valence-electron chi connectivity index (χ1n) is 14.6. The van der Waals surface area contributed by atoms with E-state index < -0.39 is 101 Å². The summed E-state index contributed by atoms with van der Waals surface area (Å²) in [5, 5.41) is 31.0. The maximum absolute atomic E-state index is 12.7. The van der Waals surface area contributed by atoms with Crippen molar-refractivity contribution < 1.29 is 79.6 Å². The number of nitriles is 2. The van der Waals surface area contributed by atoms with Crippen LogP contribution >= 0.6 is 0 Å². The molecular formula is C31H23F17N6O2. The second-order valence-corrected chi connectivity index (χ2v) is 10.5. The van der Waals surface area contributed by atoms with Gasteiger partial charge in [-0.15, -0.1) is 0 Å². The van der Waals surface area contributed by atoms with Crippen molar-refractivity contribution in [2.45, 2.75) is 30.9 Å². The van der Waals surface area contributed by atoms with E-state index in [4.69, 9.17) is 10.5 Å². The highest BCUT2D eigenvalue weighted by Crippen LogP contribution is 2.38. The average Bonchev–Trinajstić information content (AvgIpc) is 3.08. The quantitative estimate of drug-likeness (QED) is 0.119. The summed E-state index contributed by atoms with van der Waals surface area (Å²) in [5.41, 5.74) is -7.16. The number of nitrogens with zero attached hydrogens (tertiary/aromatic N) is 4. The molecule has 8 nitrogen and oxygen atoms in total. The molecule has 3 aromatic rings. The Hall–Kier alpha value is -5.75. The monoisotopic (exact) mass is 834 g/mol. The fourth-order valence-corrected chi connectivity index (χ4v) is 4.06. The number of hydrogen-bond acceptors (Lipinski definition) is 7. The van der Waals surface area contributed by atoms with Crippen molar-refractivity contribution in [1.82, 2.24) is 0 Å². The molecule has 0 spiro atoms. The van der Waals surface area contributed by atoms with Crippen LogP contribution in [0, 0.1) is 32.8 Å². The molecule has 0 fully saturated rings. The van der Waals surface area contributed by atoms with Crippen molar-refractivity contribution in [2.24, 2.45) is 0 Å². The molecule has 3 aromatic carbocycles. The summed E-state index contributed by atoms with van der Waals surface area (Å²) in [4.78, 5) is 10.3. The van der Waals surface area contributed by atoms with Crippen LogP contribution in [0.15, 0.2) is 54.6 Å². The van der Waals surface area contributed by atoms with Gasteiger partial charge in [0.15, 0.2) is 0 Å². The van der Waals surface area contributed by atoms with Crippen LogP contribution in [0.3, 0.4) is 0 Å². The van der Waals surface area contributed by atoms with Gasteiger partial charge in [-0.1, -0.05) is 0 Å². The van der Waals surface area contributed by atoms with Gasteiger partial charge in [0.25, 0.3) is 5.69 Å². The Morgan fingerprint density at radius 3 is 1.32 bits per heavy atom. The molecule has 0 atom stereocenters. The topological polar surface area (TPSA) is 118 Å². The standard InChI is InChI=1S/C12H11F5N2.C10H6F6N2.C9H6F6N2O2/c13-3-5-19(6-4-14)10-2-1-9(8-18)11(7-10)12(15,16)17;11-9(12,13)5-18-7-2-1-6(4-17)8(3-7)10(14,15)16;10-8(11,12)4-16-5-1-2-7(17(18)19)6(3-5)9(13,14)15/h1-2,7H,3-6H2;1-3,18H,5H2;1-3,16H,4H2. The summed E-state index contributed by atoms with van der Waals surface area (Å²) in [5.74, 6) is 0. The lowest BCUT2D eigenvalue weighted by Crippen LogP contribution is -2.28. The maximum atomic E-state index is 12.7. The number of nitro benzene ring substituents is 1. The summed E-state index contributed by atoms with van der Waals surface area (Å²) >= 11 is 0. The number of anilines is 3. The van der Waals surface area contributed by atoms with Crippen LogP contribution in [0.4, 0.5) is 97.4 Å². The molecule has 0 radical (unpaired) electrons. The van der Waals surface area contributed by atoms with Crippen LogP contribution in [0.1, 0.15) is 27.8 Å². The molecule has 0 unspecified atom stereocenters. The molecule has 0 aliphatic carbocycles. The van der Waals surface area contributed by atoms with Gasteiger partial charge in [0, 0.05) is 36.2 Å². The number of nitro groups is 1. The third-order valence-corrected chi connectivity index (χ3v) is 6.43. The van der Waals surface area contributed by atoms with Gasteiger partial charge in [0.05, 0.1) is 39.3 Å². The molecule has 0 bridgehead atoms. The number of hydrogen-bond donors (Lipinski definition) is 2. The number of rotatable bonds is 10. The Labute approximate surface area is 303 Å². The minimum absolute atomic E-state index is 0.0432. The number of alkyl halides is 17. The molecule has 56 heavy (non-hydrogen) atoms. The van der Waals surface area contributed by atoms with Crippen molar-refractivity contribution in [1.29, 1.82) is 10.5 Å². The summed E-state index contributed by atoms with van der Waals surface area (Å²) in [7, 11) is 0. The minimum atomic E-state index is -5.03. The van der Waals surface area contributed by atoms with Gasteiger partial charge < -0.3 is 15.5 Å². The van der Waals surface area contributed by atoms with E-state index in [1.54, 1.807) is 5.32 Å². The Morgan fingerprint density at radius 1 is 0.589 bits per heavy atom. The molecule has 0 saturated heterocycles. The van der Waals surface area contributed by atoms with Crippen molar-refractivity contribution in [3.63, 3.8) is 0 Å². The van der Waals surface area contributed by atoms with E-state index in [9.17, 15) is 84.8 Å². The third-order valence-electron chi connectivity index (χ3n) is 6.43. The van der Waals surface area contributed by atoms with E-state index in [0.29, 0.717) is 12.1 Å². The Morgan fingerprint density at radius 2 is 0.964 bits per heavy atom. The van der Waals surface area contributed by atoms with E-state index in [1.807, 2.05) is 5.32 Å².